The van der Waals surface area contributed by atoms with Gasteiger partial charge in [0.1, 0.15) is 5.69 Å². The molecule has 1 saturated heterocycles. The van der Waals surface area contributed by atoms with E-state index in [1.807, 2.05) is 12.1 Å². The highest BCUT2D eigenvalue weighted by Crippen LogP contribution is 2.63. The highest BCUT2D eigenvalue weighted by molar-refractivity contribution is 6.32. The van der Waals surface area contributed by atoms with Crippen molar-refractivity contribution in [2.45, 2.75) is 50.2 Å². The summed E-state index contributed by atoms with van der Waals surface area (Å²) >= 11 is 6.43. The van der Waals surface area contributed by atoms with Crippen molar-refractivity contribution in [3.63, 3.8) is 0 Å². The molecule has 2 aromatic heterocycles. The van der Waals surface area contributed by atoms with Crippen molar-refractivity contribution in [1.29, 1.82) is 0 Å². The van der Waals surface area contributed by atoms with Crippen LogP contribution in [-0.2, 0) is 41.6 Å². The lowest BCUT2D eigenvalue weighted by Crippen LogP contribution is -2.53. The number of anilines is 1. The number of phenols is 1. The Kier molecular flexibility index (Phi) is 9.73. The Labute approximate surface area is 353 Å². The van der Waals surface area contributed by atoms with Crippen molar-refractivity contribution in [1.82, 2.24) is 23.5 Å². The highest BCUT2D eigenvalue weighted by Gasteiger charge is 2.69. The van der Waals surface area contributed by atoms with E-state index in [0.717, 1.165) is 9.47 Å². The average Bonchev–Trinajstić information content (AvgIpc) is 3.65. The maximum Gasteiger partial charge on any atom is 0.347 e. The number of halogens is 1. The van der Waals surface area contributed by atoms with E-state index in [1.165, 1.54) is 28.2 Å². The first-order valence-corrected chi connectivity index (χ1v) is 20.2. The molecule has 3 aliphatic rings. The zero-order chi connectivity index (χ0) is 42.9. The summed E-state index contributed by atoms with van der Waals surface area (Å²) in [6, 6.07) is 23.0. The number of methoxy groups -OCH3 is 2. The van der Waals surface area contributed by atoms with Gasteiger partial charge in [-0.2, -0.15) is 0 Å². The Morgan fingerprint density at radius 1 is 0.885 bits per heavy atom. The van der Waals surface area contributed by atoms with Gasteiger partial charge in [-0.25, -0.2) is 33.4 Å². The standard InChI is InChI=1S/C45H41ClN6O9/c1-5-61-35-16-10-15-29(39(35)53)38-28-17-20-50-43(57)49(19-18-31-41(55)48(2)34-24-37(60-4)36(59-3)23-32(34)47-31)44(58)52(50)33(28)22-30-40(54)51(27-14-9-13-26(46)21-27)42(56)45(30,38)25-11-7-6-8-12-25/h6-17,21,23-24,30,33,38,53H,5,18-20,22H2,1-4H3/t30-,33+,38+,45+/m0/s1. The number of carbonyl (C=O) groups is 2. The smallest absolute Gasteiger partial charge is 0.347 e. The molecular weight excluding hydrogens is 804 g/mol. The topological polar surface area (TPSA) is 169 Å². The number of carbonyl (C=O) groups excluding carboxylic acids is 2. The summed E-state index contributed by atoms with van der Waals surface area (Å²) in [6.45, 7) is 1.81. The number of para-hydroxylation sites is 1. The summed E-state index contributed by atoms with van der Waals surface area (Å²) in [6.07, 6.45) is 1.73. The number of allylic oxidation sites excluding steroid dienone is 2. The van der Waals surface area contributed by atoms with Crippen LogP contribution in [0.3, 0.4) is 0 Å². The third-order valence-electron chi connectivity index (χ3n) is 12.4. The molecule has 2 fully saturated rings. The summed E-state index contributed by atoms with van der Waals surface area (Å²) in [7, 11) is 4.59. The van der Waals surface area contributed by atoms with Crippen molar-refractivity contribution in [2.24, 2.45) is 13.0 Å². The lowest BCUT2D eigenvalue weighted by atomic mass is 9.53. The first kappa shape index (κ1) is 39.6. The van der Waals surface area contributed by atoms with Crippen LogP contribution in [0.5, 0.6) is 23.0 Å². The van der Waals surface area contributed by atoms with Gasteiger partial charge >= 0.3 is 11.4 Å². The molecule has 6 aromatic rings. The molecule has 4 heterocycles. The molecular formula is C45H41ClN6O9. The minimum Gasteiger partial charge on any atom is -0.504 e. The minimum atomic E-state index is -1.62. The van der Waals surface area contributed by atoms with E-state index in [1.54, 1.807) is 92.8 Å². The van der Waals surface area contributed by atoms with Gasteiger partial charge in [-0.1, -0.05) is 66.2 Å². The van der Waals surface area contributed by atoms with Crippen LogP contribution in [0.2, 0.25) is 5.02 Å². The van der Waals surface area contributed by atoms with Crippen LogP contribution in [0.1, 0.15) is 42.1 Å². The molecule has 1 saturated carbocycles. The van der Waals surface area contributed by atoms with Crippen molar-refractivity contribution in [3.05, 3.63) is 150 Å². The Morgan fingerprint density at radius 2 is 1.62 bits per heavy atom. The molecule has 0 bridgehead atoms. The van der Waals surface area contributed by atoms with Crippen LogP contribution < -0.4 is 36.0 Å². The predicted molar refractivity (Wildman–Crippen MR) is 226 cm³/mol. The fraction of sp³-hybridized carbons (Fsp3) is 0.289. The number of rotatable bonds is 10. The highest BCUT2D eigenvalue weighted by atomic mass is 35.5. The third-order valence-corrected chi connectivity index (χ3v) is 12.6. The zero-order valence-corrected chi connectivity index (χ0v) is 34.5. The number of phenolic OH excluding ortho intramolecular Hbond substituents is 1. The van der Waals surface area contributed by atoms with Crippen molar-refractivity contribution < 1.29 is 28.9 Å². The second-order valence-corrected chi connectivity index (χ2v) is 15.7. The van der Waals surface area contributed by atoms with Crippen LogP contribution >= 0.6 is 11.6 Å². The first-order valence-electron chi connectivity index (χ1n) is 19.8. The molecule has 312 valence electrons. The molecule has 0 radical (unpaired) electrons. The van der Waals surface area contributed by atoms with Gasteiger partial charge in [0.2, 0.25) is 11.8 Å². The van der Waals surface area contributed by atoms with Gasteiger partial charge in [0, 0.05) is 48.6 Å². The van der Waals surface area contributed by atoms with E-state index in [2.05, 4.69) is 4.98 Å². The number of ether oxygens (including phenoxy) is 3. The maximum absolute atomic E-state index is 15.5. The average molecular weight is 845 g/mol. The van der Waals surface area contributed by atoms with E-state index >= 15 is 9.59 Å². The summed E-state index contributed by atoms with van der Waals surface area (Å²) in [5.41, 5.74) is -0.485. The Morgan fingerprint density at radius 3 is 2.34 bits per heavy atom. The Hall–Kier alpha value is -6.87. The molecule has 15 nitrogen and oxygen atoms in total. The number of imide groups is 1. The van der Waals surface area contributed by atoms with Gasteiger partial charge in [-0.15, -0.1) is 0 Å². The fourth-order valence-corrected chi connectivity index (χ4v) is 9.91. The van der Waals surface area contributed by atoms with Crippen LogP contribution in [0.4, 0.5) is 5.69 Å². The number of benzene rings is 4. The molecule has 16 heteroatoms. The number of aryl methyl sites for hydroxylation is 2. The van der Waals surface area contributed by atoms with Crippen LogP contribution in [-0.4, -0.2) is 61.2 Å². The summed E-state index contributed by atoms with van der Waals surface area (Å²) in [5, 5.41) is 12.3. The molecule has 0 unspecified atom stereocenters. The fourth-order valence-electron chi connectivity index (χ4n) is 9.72. The quantitative estimate of drug-likeness (QED) is 0.148. The monoisotopic (exact) mass is 844 g/mol. The normalized spacial score (nSPS) is 20.6. The van der Waals surface area contributed by atoms with Gasteiger partial charge in [0.25, 0.3) is 5.56 Å². The summed E-state index contributed by atoms with van der Waals surface area (Å²) in [4.78, 5) is 78.8. The second-order valence-electron chi connectivity index (χ2n) is 15.3. The van der Waals surface area contributed by atoms with E-state index in [-0.39, 0.29) is 55.4 Å². The van der Waals surface area contributed by atoms with Gasteiger partial charge in [0.15, 0.2) is 23.0 Å². The molecule has 2 amide bonds. The van der Waals surface area contributed by atoms with E-state index < -0.39 is 52.0 Å². The van der Waals surface area contributed by atoms with Gasteiger partial charge in [-0.3, -0.25) is 14.4 Å². The van der Waals surface area contributed by atoms with Gasteiger partial charge in [-0.05, 0) is 48.7 Å². The van der Waals surface area contributed by atoms with Crippen molar-refractivity contribution >= 4 is 40.1 Å². The summed E-state index contributed by atoms with van der Waals surface area (Å²) in [5.74, 6) is -2.30. The molecule has 1 N–H and O–H groups in total. The summed E-state index contributed by atoms with van der Waals surface area (Å²) < 4.78 is 21.9. The zero-order valence-electron chi connectivity index (χ0n) is 33.7. The Balaban J connectivity index is 1.20. The van der Waals surface area contributed by atoms with Gasteiger partial charge < -0.3 is 23.9 Å². The number of nitrogens with zero attached hydrogens (tertiary/aromatic N) is 6. The number of hydrogen-bond acceptors (Lipinski definition) is 10. The number of amides is 2. The van der Waals surface area contributed by atoms with Crippen LogP contribution in [0.25, 0.3) is 11.0 Å². The van der Waals surface area contributed by atoms with Gasteiger partial charge in [0.05, 0.1) is 61.5 Å². The number of fused-ring (bicyclic) bond motifs is 5. The molecule has 2 aliphatic heterocycles. The minimum absolute atomic E-state index is 0.0355. The van der Waals surface area contributed by atoms with E-state index in [4.69, 9.17) is 25.8 Å². The number of aromatic nitrogens is 5. The van der Waals surface area contributed by atoms with E-state index in [0.29, 0.717) is 44.3 Å². The molecule has 4 atom stereocenters. The molecule has 4 aromatic carbocycles. The predicted octanol–water partition coefficient (Wildman–Crippen LogP) is 4.87. The SMILES string of the molecule is CCOc1cccc([C@H]2C3=CCn4c(=O)n(CCc5nc6cc(OC)c(OC)cc6n(C)c5=O)c(=O)n4[C@@H]3C[C@H]3C(=O)N(c4cccc(Cl)c4)C(=O)[C@@]23c2ccccc2)c1O. The molecule has 1 aliphatic carbocycles. The molecule has 61 heavy (non-hydrogen) atoms. The molecule has 0 spiro atoms. The van der Waals surface area contributed by atoms with Crippen molar-refractivity contribution in [3.8, 4) is 23.0 Å². The maximum atomic E-state index is 15.5. The van der Waals surface area contributed by atoms with Crippen molar-refractivity contribution in [2.75, 3.05) is 25.7 Å². The Bertz CT molecular complexity index is 3010. The second kappa shape index (κ2) is 15.0. The lowest BCUT2D eigenvalue weighted by Gasteiger charge is -2.49. The van der Waals surface area contributed by atoms with Crippen LogP contribution in [0.15, 0.2) is 111 Å². The molecule has 9 rings (SSSR count). The first-order chi connectivity index (χ1) is 29.5. The lowest BCUT2D eigenvalue weighted by molar-refractivity contribution is -0.124. The number of aromatic hydroxyl groups is 1. The van der Waals surface area contributed by atoms with Crippen LogP contribution in [0, 0.1) is 5.92 Å². The number of hydrogen-bond donors (Lipinski definition) is 1. The largest absolute Gasteiger partial charge is 0.504 e. The third kappa shape index (κ3) is 5.85. The van der Waals surface area contributed by atoms with E-state index in [9.17, 15) is 19.5 Å².